The minimum Gasteiger partial charge on any atom is -0.349 e. The third-order valence-corrected chi connectivity index (χ3v) is 4.39. The fourth-order valence-electron chi connectivity index (χ4n) is 2.75. The van der Waals surface area contributed by atoms with Crippen LogP contribution in [0, 0.1) is 11.7 Å². The maximum atomic E-state index is 13.4. The van der Waals surface area contributed by atoms with Crippen molar-refractivity contribution in [1.29, 1.82) is 0 Å². The lowest BCUT2D eigenvalue weighted by atomic mass is 10.0. The van der Waals surface area contributed by atoms with Crippen LogP contribution in [0.5, 0.6) is 0 Å². The molecule has 2 atom stereocenters. The van der Waals surface area contributed by atoms with Gasteiger partial charge in [0.05, 0.1) is 17.5 Å². The van der Waals surface area contributed by atoms with E-state index in [2.05, 4.69) is 10.0 Å². The highest BCUT2D eigenvalue weighted by Gasteiger charge is 2.28. The summed E-state index contributed by atoms with van der Waals surface area (Å²) in [5, 5.41) is 2.83. The summed E-state index contributed by atoms with van der Waals surface area (Å²) < 4.78 is 38.3. The molecular formula is C14H20FN3O3S. The molecule has 2 unspecified atom stereocenters. The van der Waals surface area contributed by atoms with Crippen LogP contribution in [-0.2, 0) is 10.0 Å². The van der Waals surface area contributed by atoms with Crippen molar-refractivity contribution in [1.82, 2.24) is 5.32 Å². The number of hydrogen-bond acceptors (Lipinski definition) is 4. The largest absolute Gasteiger partial charge is 0.349 e. The van der Waals surface area contributed by atoms with Gasteiger partial charge in [-0.25, -0.2) is 12.8 Å². The molecule has 1 aromatic carbocycles. The van der Waals surface area contributed by atoms with E-state index in [4.69, 9.17) is 5.73 Å². The van der Waals surface area contributed by atoms with Crippen molar-refractivity contribution in [2.24, 2.45) is 11.7 Å². The van der Waals surface area contributed by atoms with E-state index in [1.54, 1.807) is 0 Å². The summed E-state index contributed by atoms with van der Waals surface area (Å²) >= 11 is 0. The smallest absolute Gasteiger partial charge is 0.253 e. The van der Waals surface area contributed by atoms with Gasteiger partial charge in [-0.1, -0.05) is 6.42 Å². The van der Waals surface area contributed by atoms with Crippen LogP contribution >= 0.6 is 0 Å². The maximum Gasteiger partial charge on any atom is 0.253 e. The SMILES string of the molecule is CS(=O)(=O)Nc1ccc(F)cc1C(=O)NC1CCCC1CN. The second-order valence-electron chi connectivity index (χ2n) is 5.57. The van der Waals surface area contributed by atoms with Crippen molar-refractivity contribution in [3.05, 3.63) is 29.6 Å². The molecule has 22 heavy (non-hydrogen) atoms. The van der Waals surface area contributed by atoms with Crippen LogP contribution in [0.25, 0.3) is 0 Å². The molecule has 0 spiro atoms. The minimum absolute atomic E-state index is 0.0342. The van der Waals surface area contributed by atoms with Crippen LogP contribution in [0.4, 0.5) is 10.1 Å². The molecule has 6 nitrogen and oxygen atoms in total. The summed E-state index contributed by atoms with van der Waals surface area (Å²) in [4.78, 5) is 12.4. The normalized spacial score (nSPS) is 21.6. The summed E-state index contributed by atoms with van der Waals surface area (Å²) in [5.41, 5.74) is 5.70. The molecule has 1 amide bonds. The number of benzene rings is 1. The molecule has 1 saturated carbocycles. The zero-order valence-electron chi connectivity index (χ0n) is 12.3. The Hall–Kier alpha value is -1.67. The predicted octanol–water partition coefficient (Wildman–Crippen LogP) is 1.05. The number of amides is 1. The Kier molecular flexibility index (Phi) is 5.02. The Labute approximate surface area is 129 Å². The van der Waals surface area contributed by atoms with Gasteiger partial charge < -0.3 is 11.1 Å². The van der Waals surface area contributed by atoms with Crippen LogP contribution in [0.2, 0.25) is 0 Å². The predicted molar refractivity (Wildman–Crippen MR) is 82.5 cm³/mol. The van der Waals surface area contributed by atoms with Gasteiger partial charge in [-0.15, -0.1) is 0 Å². The van der Waals surface area contributed by atoms with E-state index in [9.17, 15) is 17.6 Å². The number of anilines is 1. The van der Waals surface area contributed by atoms with Gasteiger partial charge in [0.1, 0.15) is 5.82 Å². The van der Waals surface area contributed by atoms with Crippen molar-refractivity contribution in [2.75, 3.05) is 17.5 Å². The Balaban J connectivity index is 2.23. The number of carbonyl (C=O) groups is 1. The first-order valence-corrected chi connectivity index (χ1v) is 8.97. The van der Waals surface area contributed by atoms with Gasteiger partial charge in [0.25, 0.3) is 5.91 Å². The summed E-state index contributed by atoms with van der Waals surface area (Å²) in [6.45, 7) is 0.475. The molecule has 0 heterocycles. The van der Waals surface area contributed by atoms with E-state index in [0.29, 0.717) is 6.54 Å². The second-order valence-corrected chi connectivity index (χ2v) is 7.32. The van der Waals surface area contributed by atoms with Gasteiger partial charge in [-0.2, -0.15) is 0 Å². The molecule has 4 N–H and O–H groups in total. The third-order valence-electron chi connectivity index (χ3n) is 3.80. The van der Waals surface area contributed by atoms with Gasteiger partial charge in [-0.05, 0) is 43.5 Å². The van der Waals surface area contributed by atoms with E-state index in [1.807, 2.05) is 0 Å². The minimum atomic E-state index is -3.56. The van der Waals surface area contributed by atoms with Crippen LogP contribution in [-0.4, -0.2) is 33.2 Å². The third kappa shape index (κ3) is 4.17. The molecule has 1 aliphatic carbocycles. The van der Waals surface area contributed by atoms with E-state index in [1.165, 1.54) is 6.07 Å². The summed E-state index contributed by atoms with van der Waals surface area (Å²) in [6.07, 6.45) is 3.71. The number of sulfonamides is 1. The quantitative estimate of drug-likeness (QED) is 0.751. The lowest BCUT2D eigenvalue weighted by Crippen LogP contribution is -2.40. The Bertz CT molecular complexity index is 663. The summed E-state index contributed by atoms with van der Waals surface area (Å²) in [7, 11) is -3.56. The summed E-state index contributed by atoms with van der Waals surface area (Å²) in [5.74, 6) is -0.911. The van der Waals surface area contributed by atoms with Crippen molar-refractivity contribution in [2.45, 2.75) is 25.3 Å². The molecule has 8 heteroatoms. The van der Waals surface area contributed by atoms with Crippen molar-refractivity contribution >= 4 is 21.6 Å². The van der Waals surface area contributed by atoms with Gasteiger partial charge >= 0.3 is 0 Å². The number of halogens is 1. The molecule has 0 saturated heterocycles. The first kappa shape index (κ1) is 16.7. The Morgan fingerprint density at radius 2 is 2.14 bits per heavy atom. The fraction of sp³-hybridized carbons (Fsp3) is 0.500. The fourth-order valence-corrected chi connectivity index (χ4v) is 3.33. The second kappa shape index (κ2) is 6.62. The zero-order valence-corrected chi connectivity index (χ0v) is 13.1. The lowest BCUT2D eigenvalue weighted by Gasteiger charge is -2.20. The molecule has 0 radical (unpaired) electrons. The molecule has 1 fully saturated rings. The molecule has 2 rings (SSSR count). The molecule has 1 aliphatic rings. The average Bonchev–Trinajstić information content (AvgIpc) is 2.86. The van der Waals surface area contributed by atoms with Gasteiger partial charge in [-0.3, -0.25) is 9.52 Å². The standard InChI is InChI=1S/C14H20FN3O3S/c1-22(20,21)18-13-6-5-10(15)7-11(13)14(19)17-12-4-2-3-9(12)8-16/h5-7,9,12,18H,2-4,8,16H2,1H3,(H,17,19). The van der Waals surface area contributed by atoms with Gasteiger partial charge in [0.15, 0.2) is 0 Å². The van der Waals surface area contributed by atoms with E-state index in [-0.39, 0.29) is 23.2 Å². The number of rotatable bonds is 5. The summed E-state index contributed by atoms with van der Waals surface area (Å²) in [6, 6.07) is 3.30. The molecule has 0 aromatic heterocycles. The molecule has 0 bridgehead atoms. The number of hydrogen-bond donors (Lipinski definition) is 3. The monoisotopic (exact) mass is 329 g/mol. The number of carbonyl (C=O) groups excluding carboxylic acids is 1. The molecule has 122 valence electrons. The van der Waals surface area contributed by atoms with Crippen molar-refractivity contribution < 1.29 is 17.6 Å². The van der Waals surface area contributed by atoms with Gasteiger partial charge in [0.2, 0.25) is 10.0 Å². The van der Waals surface area contributed by atoms with Crippen molar-refractivity contribution in [3.63, 3.8) is 0 Å². The number of nitrogens with one attached hydrogen (secondary N) is 2. The topological polar surface area (TPSA) is 101 Å². The van der Waals surface area contributed by atoms with E-state index >= 15 is 0 Å². The highest BCUT2D eigenvalue weighted by molar-refractivity contribution is 7.92. The van der Waals surface area contributed by atoms with E-state index < -0.39 is 21.7 Å². The average molecular weight is 329 g/mol. The first-order chi connectivity index (χ1) is 10.3. The highest BCUT2D eigenvalue weighted by Crippen LogP contribution is 2.26. The number of nitrogens with two attached hydrogens (primary N) is 1. The lowest BCUT2D eigenvalue weighted by molar-refractivity contribution is 0.0929. The van der Waals surface area contributed by atoms with Crippen molar-refractivity contribution in [3.8, 4) is 0 Å². The highest BCUT2D eigenvalue weighted by atomic mass is 32.2. The Morgan fingerprint density at radius 1 is 1.41 bits per heavy atom. The van der Waals surface area contributed by atoms with E-state index in [0.717, 1.165) is 37.7 Å². The van der Waals surface area contributed by atoms with Crippen LogP contribution in [0.1, 0.15) is 29.6 Å². The zero-order chi connectivity index (χ0) is 16.3. The van der Waals surface area contributed by atoms with Crippen LogP contribution in [0.3, 0.4) is 0 Å². The first-order valence-electron chi connectivity index (χ1n) is 7.08. The maximum absolute atomic E-state index is 13.4. The molecule has 1 aromatic rings. The molecular weight excluding hydrogens is 309 g/mol. The van der Waals surface area contributed by atoms with Gasteiger partial charge in [0, 0.05) is 6.04 Å². The molecule has 0 aliphatic heterocycles. The van der Waals surface area contributed by atoms with Crippen LogP contribution < -0.4 is 15.8 Å². The Morgan fingerprint density at radius 3 is 2.77 bits per heavy atom. The van der Waals surface area contributed by atoms with Crippen LogP contribution in [0.15, 0.2) is 18.2 Å².